The number of hydrogen-bond acceptors (Lipinski definition) is 2. The predicted molar refractivity (Wildman–Crippen MR) is 72.8 cm³/mol. The van der Waals surface area contributed by atoms with E-state index in [1.807, 2.05) is 42.5 Å². The largest absolute Gasteiger partial charge is 0.465 e. The van der Waals surface area contributed by atoms with Crippen molar-refractivity contribution in [2.75, 3.05) is 7.11 Å². The average Bonchev–Trinajstić information content (AvgIpc) is 2.41. The van der Waals surface area contributed by atoms with Crippen molar-refractivity contribution in [3.63, 3.8) is 0 Å². The Morgan fingerprint density at radius 1 is 0.944 bits per heavy atom. The minimum atomic E-state index is -0.255. The molecule has 0 aliphatic carbocycles. The fourth-order valence-corrected chi connectivity index (χ4v) is 1.75. The lowest BCUT2D eigenvalue weighted by molar-refractivity contribution is -0.0519. The van der Waals surface area contributed by atoms with E-state index in [1.165, 1.54) is 11.1 Å². The molecule has 1 atom stereocenters. The standard InChI is InChI=1S/C16H18O2/c1-13-8-10-15(11-9-13)18-16(17-2)12-14-6-4-3-5-7-14/h3-11,16H,12H2,1-2H3. The van der Waals surface area contributed by atoms with Crippen LogP contribution in [-0.4, -0.2) is 13.4 Å². The van der Waals surface area contributed by atoms with Gasteiger partial charge in [0, 0.05) is 13.5 Å². The summed E-state index contributed by atoms with van der Waals surface area (Å²) < 4.78 is 11.2. The first kappa shape index (κ1) is 12.7. The van der Waals surface area contributed by atoms with E-state index in [9.17, 15) is 0 Å². The van der Waals surface area contributed by atoms with Crippen LogP contribution in [0.3, 0.4) is 0 Å². The van der Waals surface area contributed by atoms with Crippen LogP contribution in [0.15, 0.2) is 54.6 Å². The number of rotatable bonds is 5. The highest BCUT2D eigenvalue weighted by Crippen LogP contribution is 2.15. The minimum Gasteiger partial charge on any atom is -0.465 e. The van der Waals surface area contributed by atoms with Gasteiger partial charge in [0.15, 0.2) is 0 Å². The Hall–Kier alpha value is -1.80. The van der Waals surface area contributed by atoms with Crippen molar-refractivity contribution in [3.05, 3.63) is 65.7 Å². The van der Waals surface area contributed by atoms with Gasteiger partial charge in [-0.25, -0.2) is 0 Å². The third-order valence-corrected chi connectivity index (χ3v) is 2.80. The first-order chi connectivity index (χ1) is 8.78. The summed E-state index contributed by atoms with van der Waals surface area (Å²) in [7, 11) is 1.67. The van der Waals surface area contributed by atoms with Crippen molar-refractivity contribution in [1.29, 1.82) is 0 Å². The quantitative estimate of drug-likeness (QED) is 0.746. The van der Waals surface area contributed by atoms with E-state index in [2.05, 4.69) is 19.1 Å². The minimum absolute atomic E-state index is 0.255. The molecule has 0 aromatic heterocycles. The zero-order valence-corrected chi connectivity index (χ0v) is 10.8. The van der Waals surface area contributed by atoms with Crippen LogP contribution < -0.4 is 4.74 Å². The van der Waals surface area contributed by atoms with E-state index in [-0.39, 0.29) is 6.29 Å². The Labute approximate surface area is 108 Å². The van der Waals surface area contributed by atoms with E-state index in [4.69, 9.17) is 9.47 Å². The van der Waals surface area contributed by atoms with Gasteiger partial charge >= 0.3 is 0 Å². The van der Waals surface area contributed by atoms with Crippen LogP contribution in [0.25, 0.3) is 0 Å². The molecule has 0 spiro atoms. The van der Waals surface area contributed by atoms with Crippen molar-refractivity contribution < 1.29 is 9.47 Å². The van der Waals surface area contributed by atoms with Crippen LogP contribution in [0.5, 0.6) is 5.75 Å². The molecule has 0 radical (unpaired) electrons. The summed E-state index contributed by atoms with van der Waals surface area (Å²) >= 11 is 0. The number of methoxy groups -OCH3 is 1. The number of benzene rings is 2. The van der Waals surface area contributed by atoms with Gasteiger partial charge in [0.2, 0.25) is 6.29 Å². The summed E-state index contributed by atoms with van der Waals surface area (Å²) in [6.45, 7) is 2.06. The average molecular weight is 242 g/mol. The second-order valence-electron chi connectivity index (χ2n) is 4.29. The summed E-state index contributed by atoms with van der Waals surface area (Å²) in [6, 6.07) is 18.2. The van der Waals surface area contributed by atoms with Crippen molar-refractivity contribution in [3.8, 4) is 5.75 Å². The Morgan fingerprint density at radius 3 is 2.22 bits per heavy atom. The van der Waals surface area contributed by atoms with E-state index in [0.29, 0.717) is 0 Å². The second kappa shape index (κ2) is 6.22. The molecule has 0 saturated heterocycles. The fourth-order valence-electron chi connectivity index (χ4n) is 1.75. The van der Waals surface area contributed by atoms with Gasteiger partial charge in [-0.2, -0.15) is 0 Å². The summed E-state index contributed by atoms with van der Waals surface area (Å²) in [6.07, 6.45) is 0.487. The molecule has 0 bridgehead atoms. The molecular weight excluding hydrogens is 224 g/mol. The molecule has 0 saturated carbocycles. The monoisotopic (exact) mass is 242 g/mol. The van der Waals surface area contributed by atoms with Gasteiger partial charge in [-0.1, -0.05) is 48.0 Å². The molecule has 2 heteroatoms. The third-order valence-electron chi connectivity index (χ3n) is 2.80. The van der Waals surface area contributed by atoms with Crippen molar-refractivity contribution in [1.82, 2.24) is 0 Å². The van der Waals surface area contributed by atoms with Gasteiger partial charge in [0.25, 0.3) is 0 Å². The molecule has 2 aromatic carbocycles. The molecular formula is C16H18O2. The molecule has 0 amide bonds. The summed E-state index contributed by atoms with van der Waals surface area (Å²) in [5, 5.41) is 0. The second-order valence-corrected chi connectivity index (χ2v) is 4.29. The zero-order valence-electron chi connectivity index (χ0n) is 10.8. The molecule has 18 heavy (non-hydrogen) atoms. The maximum Gasteiger partial charge on any atom is 0.203 e. The van der Waals surface area contributed by atoms with Gasteiger partial charge in [0.1, 0.15) is 5.75 Å². The molecule has 0 N–H and O–H groups in total. The lowest BCUT2D eigenvalue weighted by Crippen LogP contribution is -2.21. The van der Waals surface area contributed by atoms with E-state index in [1.54, 1.807) is 7.11 Å². The third kappa shape index (κ3) is 3.60. The van der Waals surface area contributed by atoms with Crippen LogP contribution in [-0.2, 0) is 11.2 Å². The summed E-state index contributed by atoms with van der Waals surface area (Å²) in [5.41, 5.74) is 2.43. The van der Waals surface area contributed by atoms with Gasteiger partial charge in [-0.3, -0.25) is 0 Å². The fraction of sp³-hybridized carbons (Fsp3) is 0.250. The molecule has 0 aliphatic heterocycles. The molecule has 2 rings (SSSR count). The van der Waals surface area contributed by atoms with E-state index >= 15 is 0 Å². The number of hydrogen-bond donors (Lipinski definition) is 0. The van der Waals surface area contributed by atoms with Crippen LogP contribution in [0.4, 0.5) is 0 Å². The predicted octanol–water partition coefficient (Wildman–Crippen LogP) is 3.59. The smallest absolute Gasteiger partial charge is 0.203 e. The molecule has 0 heterocycles. The van der Waals surface area contributed by atoms with Crippen LogP contribution >= 0.6 is 0 Å². The van der Waals surface area contributed by atoms with Gasteiger partial charge in [-0.05, 0) is 24.6 Å². The molecule has 0 fully saturated rings. The Balaban J connectivity index is 1.99. The molecule has 0 aliphatic rings. The maximum absolute atomic E-state index is 5.80. The van der Waals surface area contributed by atoms with Crippen molar-refractivity contribution in [2.45, 2.75) is 19.6 Å². The summed E-state index contributed by atoms with van der Waals surface area (Å²) in [5.74, 6) is 0.836. The lowest BCUT2D eigenvalue weighted by atomic mass is 10.1. The van der Waals surface area contributed by atoms with E-state index < -0.39 is 0 Å². The van der Waals surface area contributed by atoms with Crippen LogP contribution in [0, 0.1) is 6.92 Å². The van der Waals surface area contributed by atoms with Gasteiger partial charge in [-0.15, -0.1) is 0 Å². The maximum atomic E-state index is 5.80. The van der Waals surface area contributed by atoms with Gasteiger partial charge < -0.3 is 9.47 Å². The zero-order chi connectivity index (χ0) is 12.8. The van der Waals surface area contributed by atoms with Crippen LogP contribution in [0.2, 0.25) is 0 Å². The Morgan fingerprint density at radius 2 is 1.61 bits per heavy atom. The first-order valence-electron chi connectivity index (χ1n) is 6.08. The molecule has 94 valence electrons. The normalized spacial score (nSPS) is 12.1. The lowest BCUT2D eigenvalue weighted by Gasteiger charge is -2.17. The Bertz CT molecular complexity index is 462. The highest BCUT2D eigenvalue weighted by Gasteiger charge is 2.09. The van der Waals surface area contributed by atoms with Crippen molar-refractivity contribution >= 4 is 0 Å². The first-order valence-corrected chi connectivity index (χ1v) is 6.08. The molecule has 1 unspecified atom stereocenters. The molecule has 2 aromatic rings. The van der Waals surface area contributed by atoms with Crippen molar-refractivity contribution in [2.24, 2.45) is 0 Å². The summed E-state index contributed by atoms with van der Waals surface area (Å²) in [4.78, 5) is 0. The highest BCUT2D eigenvalue weighted by molar-refractivity contribution is 5.26. The SMILES string of the molecule is COC(Cc1ccccc1)Oc1ccc(C)cc1. The van der Waals surface area contributed by atoms with Gasteiger partial charge in [0.05, 0.1) is 0 Å². The van der Waals surface area contributed by atoms with E-state index in [0.717, 1.165) is 12.2 Å². The molecule has 2 nitrogen and oxygen atoms in total. The Kier molecular flexibility index (Phi) is 4.37. The highest BCUT2D eigenvalue weighted by atomic mass is 16.7. The number of aryl methyl sites for hydroxylation is 1. The van der Waals surface area contributed by atoms with Crippen LogP contribution in [0.1, 0.15) is 11.1 Å². The topological polar surface area (TPSA) is 18.5 Å². The number of ether oxygens (including phenoxy) is 2.